The first-order valence-corrected chi connectivity index (χ1v) is 7.21. The Hall–Kier alpha value is -1.40. The first kappa shape index (κ1) is 14.0. The lowest BCUT2D eigenvalue weighted by molar-refractivity contribution is 0.0529. The second kappa shape index (κ2) is 5.71. The van der Waals surface area contributed by atoms with E-state index in [0.29, 0.717) is 26.2 Å². The van der Waals surface area contributed by atoms with E-state index in [9.17, 15) is 9.18 Å². The molecule has 1 aromatic heterocycles. The summed E-state index contributed by atoms with van der Waals surface area (Å²) in [6.45, 7) is 2.01. The van der Waals surface area contributed by atoms with E-state index in [1.165, 1.54) is 17.4 Å². The standard InChI is InChI=1S/C13H11BrFNO2S/c1-2-18-13(17)11-8(6-19-12(11)16)7-3-4-10(15)9(14)5-7/h3-6H,2,16H2,1H3. The largest absolute Gasteiger partial charge is 0.462 e. The summed E-state index contributed by atoms with van der Waals surface area (Å²) in [5.41, 5.74) is 7.51. The summed E-state index contributed by atoms with van der Waals surface area (Å²) in [4.78, 5) is 11.9. The minimum Gasteiger partial charge on any atom is -0.462 e. The van der Waals surface area contributed by atoms with E-state index >= 15 is 0 Å². The summed E-state index contributed by atoms with van der Waals surface area (Å²) >= 11 is 4.38. The van der Waals surface area contributed by atoms with Crippen molar-refractivity contribution in [2.24, 2.45) is 0 Å². The number of anilines is 1. The van der Waals surface area contributed by atoms with Gasteiger partial charge in [0.25, 0.3) is 0 Å². The maximum Gasteiger partial charge on any atom is 0.341 e. The van der Waals surface area contributed by atoms with Crippen molar-refractivity contribution < 1.29 is 13.9 Å². The third-order valence-electron chi connectivity index (χ3n) is 2.53. The van der Waals surface area contributed by atoms with E-state index in [1.807, 2.05) is 0 Å². The summed E-state index contributed by atoms with van der Waals surface area (Å²) in [6, 6.07) is 4.55. The number of nitrogen functional groups attached to an aromatic ring is 1. The van der Waals surface area contributed by atoms with Crippen LogP contribution in [-0.4, -0.2) is 12.6 Å². The quantitative estimate of drug-likeness (QED) is 0.854. The molecule has 0 radical (unpaired) electrons. The Morgan fingerprint density at radius 1 is 1.53 bits per heavy atom. The summed E-state index contributed by atoms with van der Waals surface area (Å²) < 4.78 is 18.6. The van der Waals surface area contributed by atoms with Crippen molar-refractivity contribution in [2.45, 2.75) is 6.92 Å². The zero-order valence-electron chi connectivity index (χ0n) is 10.1. The summed E-state index contributed by atoms with van der Waals surface area (Å²) in [5.74, 6) is -0.818. The van der Waals surface area contributed by atoms with Gasteiger partial charge >= 0.3 is 5.97 Å². The lowest BCUT2D eigenvalue weighted by Gasteiger charge is -2.06. The molecule has 0 saturated carbocycles. The van der Waals surface area contributed by atoms with Crippen LogP contribution in [-0.2, 0) is 4.74 Å². The minimum absolute atomic E-state index is 0.278. The molecule has 0 aliphatic carbocycles. The molecule has 1 aromatic carbocycles. The second-order valence-electron chi connectivity index (χ2n) is 3.74. The molecule has 0 amide bonds. The van der Waals surface area contributed by atoms with Crippen LogP contribution in [0.15, 0.2) is 28.1 Å². The molecule has 0 aliphatic rings. The first-order chi connectivity index (χ1) is 9.04. The molecule has 0 saturated heterocycles. The molecule has 2 rings (SSSR count). The van der Waals surface area contributed by atoms with Crippen LogP contribution in [0.5, 0.6) is 0 Å². The monoisotopic (exact) mass is 343 g/mol. The zero-order chi connectivity index (χ0) is 14.0. The van der Waals surface area contributed by atoms with Crippen LogP contribution in [0, 0.1) is 5.82 Å². The average molecular weight is 344 g/mol. The van der Waals surface area contributed by atoms with Gasteiger partial charge in [-0.1, -0.05) is 6.07 Å². The van der Waals surface area contributed by atoms with E-state index in [4.69, 9.17) is 10.5 Å². The van der Waals surface area contributed by atoms with Gasteiger partial charge in [0.15, 0.2) is 0 Å². The predicted molar refractivity (Wildman–Crippen MR) is 77.8 cm³/mol. The molecule has 6 heteroatoms. The summed E-state index contributed by atoms with van der Waals surface area (Å²) in [7, 11) is 0. The number of esters is 1. The molecule has 0 unspecified atom stereocenters. The van der Waals surface area contributed by atoms with Crippen molar-refractivity contribution in [2.75, 3.05) is 12.3 Å². The van der Waals surface area contributed by atoms with Crippen LogP contribution >= 0.6 is 27.3 Å². The SMILES string of the molecule is CCOC(=O)c1c(-c2ccc(F)c(Br)c2)csc1N. The van der Waals surface area contributed by atoms with Gasteiger partial charge in [0.1, 0.15) is 16.4 Å². The molecule has 100 valence electrons. The van der Waals surface area contributed by atoms with E-state index in [2.05, 4.69) is 15.9 Å². The van der Waals surface area contributed by atoms with Crippen LogP contribution < -0.4 is 5.73 Å². The lowest BCUT2D eigenvalue weighted by Crippen LogP contribution is -2.07. The highest BCUT2D eigenvalue weighted by atomic mass is 79.9. The number of nitrogens with two attached hydrogens (primary N) is 1. The van der Waals surface area contributed by atoms with Crippen molar-refractivity contribution in [3.63, 3.8) is 0 Å². The van der Waals surface area contributed by atoms with E-state index in [1.54, 1.807) is 24.4 Å². The fraction of sp³-hybridized carbons (Fsp3) is 0.154. The van der Waals surface area contributed by atoms with Gasteiger partial charge in [0.2, 0.25) is 0 Å². The number of rotatable bonds is 3. The van der Waals surface area contributed by atoms with Crippen molar-refractivity contribution in [3.05, 3.63) is 39.4 Å². The first-order valence-electron chi connectivity index (χ1n) is 5.54. The average Bonchev–Trinajstić information content (AvgIpc) is 2.75. The number of ether oxygens (including phenoxy) is 1. The topological polar surface area (TPSA) is 52.3 Å². The Balaban J connectivity index is 2.50. The number of hydrogen-bond donors (Lipinski definition) is 1. The molecule has 0 aliphatic heterocycles. The maximum absolute atomic E-state index is 13.2. The second-order valence-corrected chi connectivity index (χ2v) is 5.50. The molecule has 2 N–H and O–H groups in total. The lowest BCUT2D eigenvalue weighted by atomic mass is 10.0. The van der Waals surface area contributed by atoms with Gasteiger partial charge < -0.3 is 10.5 Å². The molecule has 2 aromatic rings. The van der Waals surface area contributed by atoms with E-state index in [0.717, 1.165) is 0 Å². The van der Waals surface area contributed by atoms with Crippen LogP contribution in [0.25, 0.3) is 11.1 Å². The number of benzene rings is 1. The highest BCUT2D eigenvalue weighted by Crippen LogP contribution is 2.35. The molecule has 1 heterocycles. The van der Waals surface area contributed by atoms with Crippen LogP contribution in [0.3, 0.4) is 0 Å². The molecule has 3 nitrogen and oxygen atoms in total. The van der Waals surface area contributed by atoms with Crippen LogP contribution in [0.1, 0.15) is 17.3 Å². The molecule has 19 heavy (non-hydrogen) atoms. The van der Waals surface area contributed by atoms with E-state index in [-0.39, 0.29) is 12.4 Å². The van der Waals surface area contributed by atoms with Crippen molar-refractivity contribution in [3.8, 4) is 11.1 Å². The summed E-state index contributed by atoms with van der Waals surface area (Å²) in [6.07, 6.45) is 0. The van der Waals surface area contributed by atoms with Gasteiger partial charge in [-0.3, -0.25) is 0 Å². The third kappa shape index (κ3) is 2.79. The fourth-order valence-electron chi connectivity index (χ4n) is 1.66. The van der Waals surface area contributed by atoms with Gasteiger partial charge in [-0.15, -0.1) is 11.3 Å². The van der Waals surface area contributed by atoms with E-state index < -0.39 is 5.97 Å². The zero-order valence-corrected chi connectivity index (χ0v) is 12.5. The number of thiophene rings is 1. The van der Waals surface area contributed by atoms with Gasteiger partial charge in [0.05, 0.1) is 11.1 Å². The molecule has 0 atom stereocenters. The molecule has 0 bridgehead atoms. The Morgan fingerprint density at radius 2 is 2.26 bits per heavy atom. The number of carbonyl (C=O) groups excluding carboxylic acids is 1. The normalized spacial score (nSPS) is 10.5. The summed E-state index contributed by atoms with van der Waals surface area (Å²) in [5, 5.41) is 2.16. The fourth-order valence-corrected chi connectivity index (χ4v) is 2.85. The van der Waals surface area contributed by atoms with Gasteiger partial charge in [0, 0.05) is 10.9 Å². The smallest absolute Gasteiger partial charge is 0.341 e. The number of carbonyl (C=O) groups is 1. The highest BCUT2D eigenvalue weighted by molar-refractivity contribution is 9.10. The Bertz CT molecular complexity index is 627. The predicted octanol–water partition coefficient (Wildman–Crippen LogP) is 4.08. The minimum atomic E-state index is -0.461. The third-order valence-corrected chi connectivity index (χ3v) is 3.95. The molecule has 0 spiro atoms. The Kier molecular flexibility index (Phi) is 4.21. The Labute approximate surface area is 122 Å². The van der Waals surface area contributed by atoms with Gasteiger partial charge in [-0.2, -0.15) is 0 Å². The Morgan fingerprint density at radius 3 is 2.89 bits per heavy atom. The highest BCUT2D eigenvalue weighted by Gasteiger charge is 2.20. The number of hydrogen-bond acceptors (Lipinski definition) is 4. The van der Waals surface area contributed by atoms with Gasteiger partial charge in [-0.25, -0.2) is 9.18 Å². The van der Waals surface area contributed by atoms with Gasteiger partial charge in [-0.05, 0) is 40.5 Å². The maximum atomic E-state index is 13.2. The molecular weight excluding hydrogens is 333 g/mol. The molecular formula is C13H11BrFNO2S. The van der Waals surface area contributed by atoms with Crippen molar-refractivity contribution in [1.29, 1.82) is 0 Å². The number of halogens is 2. The van der Waals surface area contributed by atoms with Crippen molar-refractivity contribution in [1.82, 2.24) is 0 Å². The molecule has 0 fully saturated rings. The van der Waals surface area contributed by atoms with Crippen LogP contribution in [0.2, 0.25) is 0 Å². The van der Waals surface area contributed by atoms with Crippen molar-refractivity contribution >= 4 is 38.2 Å². The van der Waals surface area contributed by atoms with Crippen LogP contribution in [0.4, 0.5) is 9.39 Å².